The van der Waals surface area contributed by atoms with Crippen LogP contribution in [0.15, 0.2) is 60.0 Å². The number of pyridine rings is 3. The lowest BCUT2D eigenvalue weighted by Gasteiger charge is -2.33. The molecule has 5 rings (SSSR count). The number of aryl methyl sites for hydroxylation is 1. The molecule has 2 aliphatic rings. The van der Waals surface area contributed by atoms with Crippen molar-refractivity contribution >= 4 is 19.0 Å². The molecule has 2 atom stereocenters. The summed E-state index contributed by atoms with van der Waals surface area (Å²) in [5.74, 6) is 0.705. The number of hydrogen-bond donors (Lipinski definition) is 0. The zero-order valence-corrected chi connectivity index (χ0v) is 27.1. The lowest BCUT2D eigenvalue weighted by Crippen LogP contribution is -2.54. The minimum atomic E-state index is -1.62. The van der Waals surface area contributed by atoms with Crippen molar-refractivity contribution in [2.45, 2.75) is 105 Å². The van der Waals surface area contributed by atoms with E-state index in [4.69, 9.17) is 15.0 Å². The van der Waals surface area contributed by atoms with Gasteiger partial charge in [-0.2, -0.15) is 4.57 Å². The van der Waals surface area contributed by atoms with Gasteiger partial charge in [0.1, 0.15) is 5.69 Å². The molecular weight excluding hydrogens is 504 g/mol. The standard InChI is InChI=1S/C35H47N4Si/c1-22(2)29-15-13-26-24(4)37-23(3)18-31-27(14-16-30(26)38-29)28-12-11-17-36-34(28)32-19-25(20-35(5,6)7)33(21-39(31)32)40(8,9)10/h11-13,15,17,19,21-22,27,31H,3,14,16,18,20H2,1-2,4-10H3/q+1. The molecule has 0 radical (unpaired) electrons. The summed E-state index contributed by atoms with van der Waals surface area (Å²) in [5.41, 5.74) is 10.8. The van der Waals surface area contributed by atoms with Gasteiger partial charge in [0.15, 0.2) is 12.2 Å². The fourth-order valence-corrected chi connectivity index (χ4v) is 8.27. The second kappa shape index (κ2) is 10.5. The Morgan fingerprint density at radius 3 is 2.55 bits per heavy atom. The lowest BCUT2D eigenvalue weighted by molar-refractivity contribution is -0.717. The summed E-state index contributed by atoms with van der Waals surface area (Å²) in [6, 6.07) is 11.5. The van der Waals surface area contributed by atoms with Gasteiger partial charge in [0.05, 0.1) is 14.5 Å². The van der Waals surface area contributed by atoms with Crippen molar-refractivity contribution in [3.8, 4) is 11.4 Å². The molecule has 2 unspecified atom stereocenters. The third-order valence-electron chi connectivity index (χ3n) is 8.47. The van der Waals surface area contributed by atoms with Gasteiger partial charge in [-0.3, -0.25) is 9.98 Å². The van der Waals surface area contributed by atoms with Gasteiger partial charge in [0.2, 0.25) is 5.69 Å². The Kier molecular flexibility index (Phi) is 7.49. The van der Waals surface area contributed by atoms with E-state index in [2.05, 4.69) is 109 Å². The zero-order valence-electron chi connectivity index (χ0n) is 26.1. The average molecular weight is 552 g/mol. The average Bonchev–Trinajstić information content (AvgIpc) is 2.86. The molecule has 0 fully saturated rings. The molecule has 40 heavy (non-hydrogen) atoms. The van der Waals surface area contributed by atoms with Crippen LogP contribution in [0, 0.1) is 5.41 Å². The highest BCUT2D eigenvalue weighted by Crippen LogP contribution is 2.43. The van der Waals surface area contributed by atoms with Gasteiger partial charge in [0, 0.05) is 51.7 Å². The highest BCUT2D eigenvalue weighted by Gasteiger charge is 2.43. The van der Waals surface area contributed by atoms with Crippen LogP contribution in [0.1, 0.15) is 100 Å². The number of allylic oxidation sites excluding steroid dienone is 1. The van der Waals surface area contributed by atoms with Crippen molar-refractivity contribution in [2.24, 2.45) is 10.4 Å². The number of hydrogen-bond acceptors (Lipinski definition) is 3. The first-order valence-corrected chi connectivity index (χ1v) is 18.5. The fourth-order valence-electron chi connectivity index (χ4n) is 6.62. The molecule has 0 bridgehead atoms. The predicted octanol–water partition coefficient (Wildman–Crippen LogP) is 7.69. The highest BCUT2D eigenvalue weighted by molar-refractivity contribution is 6.89. The molecule has 3 aromatic heterocycles. The summed E-state index contributed by atoms with van der Waals surface area (Å²) < 4.78 is 2.57. The first-order chi connectivity index (χ1) is 18.7. The highest BCUT2D eigenvalue weighted by atomic mass is 28.3. The molecule has 0 aliphatic carbocycles. The zero-order chi connectivity index (χ0) is 29.0. The van der Waals surface area contributed by atoms with Crippen LogP contribution in [0.2, 0.25) is 19.6 Å². The van der Waals surface area contributed by atoms with Crippen molar-refractivity contribution in [3.63, 3.8) is 0 Å². The first-order valence-electron chi connectivity index (χ1n) is 15.0. The number of rotatable bonds is 3. The van der Waals surface area contributed by atoms with E-state index in [1.807, 2.05) is 6.20 Å². The molecule has 0 amide bonds. The van der Waals surface area contributed by atoms with Crippen LogP contribution in [0.25, 0.3) is 11.4 Å². The second-order valence-electron chi connectivity index (χ2n) is 14.5. The molecular formula is C35H47N4Si+. The SMILES string of the molecule is C=C1CC2C(CCc3nc(C(C)C)ccc3C(C)=N1)c1cccnc1-c1cc(CC(C)(C)C)c([Si](C)(C)C)c[n+]12. The van der Waals surface area contributed by atoms with E-state index in [-0.39, 0.29) is 11.5 Å². The summed E-state index contributed by atoms with van der Waals surface area (Å²) >= 11 is 0. The summed E-state index contributed by atoms with van der Waals surface area (Å²) in [4.78, 5) is 15.3. The van der Waals surface area contributed by atoms with Crippen LogP contribution in [-0.4, -0.2) is 23.8 Å². The molecule has 5 heterocycles. The summed E-state index contributed by atoms with van der Waals surface area (Å²) in [6.07, 6.45) is 8.29. The van der Waals surface area contributed by atoms with Crippen molar-refractivity contribution in [2.75, 3.05) is 0 Å². The molecule has 0 saturated heterocycles. The van der Waals surface area contributed by atoms with E-state index in [9.17, 15) is 0 Å². The Balaban J connectivity index is 1.71. The first kappa shape index (κ1) is 28.6. The van der Waals surface area contributed by atoms with E-state index >= 15 is 0 Å². The minimum absolute atomic E-state index is 0.212. The Hall–Kier alpha value is -2.92. The summed E-state index contributed by atoms with van der Waals surface area (Å²) in [7, 11) is -1.62. The molecule has 3 aromatic rings. The van der Waals surface area contributed by atoms with E-state index in [1.165, 1.54) is 16.8 Å². The Morgan fingerprint density at radius 2 is 1.88 bits per heavy atom. The molecule has 0 saturated carbocycles. The Bertz CT molecular complexity index is 1490. The van der Waals surface area contributed by atoms with Crippen molar-refractivity contribution < 1.29 is 4.57 Å². The molecule has 210 valence electrons. The monoisotopic (exact) mass is 551 g/mol. The van der Waals surface area contributed by atoms with Crippen LogP contribution in [0.3, 0.4) is 0 Å². The van der Waals surface area contributed by atoms with Crippen molar-refractivity contribution in [1.82, 2.24) is 9.97 Å². The molecule has 0 spiro atoms. The van der Waals surface area contributed by atoms with Gasteiger partial charge >= 0.3 is 0 Å². The van der Waals surface area contributed by atoms with Crippen LogP contribution in [0.4, 0.5) is 0 Å². The van der Waals surface area contributed by atoms with Gasteiger partial charge in [-0.05, 0) is 66.8 Å². The van der Waals surface area contributed by atoms with Gasteiger partial charge in [-0.25, -0.2) is 4.98 Å². The van der Waals surface area contributed by atoms with E-state index in [0.29, 0.717) is 11.8 Å². The number of aromatic nitrogens is 3. The predicted molar refractivity (Wildman–Crippen MR) is 170 cm³/mol. The maximum absolute atomic E-state index is 5.16. The number of nitrogens with zero attached hydrogens (tertiary/aromatic N) is 4. The minimum Gasteiger partial charge on any atom is -0.258 e. The topological polar surface area (TPSA) is 42.0 Å². The van der Waals surface area contributed by atoms with Crippen LogP contribution in [0.5, 0.6) is 0 Å². The smallest absolute Gasteiger partial charge is 0.231 e. The normalized spacial score (nSPS) is 19.4. The second-order valence-corrected chi connectivity index (χ2v) is 19.5. The number of fused-ring (bicyclic) bond motifs is 7. The molecule has 5 heteroatoms. The van der Waals surface area contributed by atoms with Gasteiger partial charge in [-0.15, -0.1) is 0 Å². The lowest BCUT2D eigenvalue weighted by atomic mass is 9.79. The third-order valence-corrected chi connectivity index (χ3v) is 10.5. The van der Waals surface area contributed by atoms with Gasteiger partial charge in [-0.1, -0.05) is 66.9 Å². The van der Waals surface area contributed by atoms with Crippen molar-refractivity contribution in [1.29, 1.82) is 0 Å². The molecule has 4 nitrogen and oxygen atoms in total. The summed E-state index contributed by atoms with van der Waals surface area (Å²) in [5, 5.41) is 1.56. The van der Waals surface area contributed by atoms with Gasteiger partial charge in [0.25, 0.3) is 0 Å². The summed E-state index contributed by atoms with van der Waals surface area (Å²) in [6.45, 7) is 25.5. The quantitative estimate of drug-likeness (QED) is 0.247. The Morgan fingerprint density at radius 1 is 1.12 bits per heavy atom. The molecule has 2 aliphatic heterocycles. The molecule has 0 N–H and O–H groups in total. The maximum atomic E-state index is 5.16. The number of aliphatic imine (C=N–C) groups is 1. The Labute approximate surface area is 242 Å². The van der Waals surface area contributed by atoms with Crippen LogP contribution >= 0.6 is 0 Å². The van der Waals surface area contributed by atoms with E-state index in [0.717, 1.165) is 59.7 Å². The molecule has 0 aromatic carbocycles. The third kappa shape index (κ3) is 5.63. The largest absolute Gasteiger partial charge is 0.258 e. The van der Waals surface area contributed by atoms with Crippen LogP contribution in [-0.2, 0) is 12.8 Å². The van der Waals surface area contributed by atoms with Crippen LogP contribution < -0.4 is 9.75 Å². The van der Waals surface area contributed by atoms with Gasteiger partial charge < -0.3 is 0 Å². The van der Waals surface area contributed by atoms with E-state index < -0.39 is 8.07 Å². The van der Waals surface area contributed by atoms with Crippen molar-refractivity contribution in [3.05, 3.63) is 83.1 Å². The maximum Gasteiger partial charge on any atom is 0.231 e. The fraction of sp³-hybridized carbons (Fsp3) is 0.486. The van der Waals surface area contributed by atoms with E-state index in [1.54, 1.807) is 5.19 Å².